The van der Waals surface area contributed by atoms with Gasteiger partial charge in [-0.3, -0.25) is 4.98 Å². The molecule has 0 saturated heterocycles. The van der Waals surface area contributed by atoms with E-state index in [0.29, 0.717) is 22.7 Å². The van der Waals surface area contributed by atoms with Crippen LogP contribution in [0.1, 0.15) is 0 Å². The molecule has 0 amide bonds. The zero-order valence-corrected chi connectivity index (χ0v) is 8.85. The van der Waals surface area contributed by atoms with Gasteiger partial charge in [-0.1, -0.05) is 0 Å². The van der Waals surface area contributed by atoms with E-state index in [2.05, 4.69) is 4.98 Å². The number of halogens is 1. The highest BCUT2D eigenvalue weighted by Crippen LogP contribution is 2.27. The minimum atomic E-state index is -0.316. The minimum Gasteiger partial charge on any atom is -0.454 e. The lowest BCUT2D eigenvalue weighted by atomic mass is 10.2. The quantitative estimate of drug-likeness (QED) is 0.695. The topological polar surface area (TPSA) is 52.0 Å². The Morgan fingerprint density at radius 2 is 2.00 bits per heavy atom. The lowest BCUT2D eigenvalue weighted by molar-refractivity contribution is 0.606. The predicted octanol–water partition coefficient (Wildman–Crippen LogP) is 3.22. The van der Waals surface area contributed by atoms with Crippen LogP contribution in [-0.4, -0.2) is 4.98 Å². The van der Waals surface area contributed by atoms with Crippen LogP contribution < -0.4 is 5.73 Å². The fraction of sp³-hybridized carbons (Fsp3) is 0. The number of aromatic nitrogens is 1. The fourth-order valence-electron chi connectivity index (χ4n) is 1.68. The standard InChI is InChI=1S/C13H9FN2O/c14-9-2-1-8-5-13(17-12(8)6-9)11-4-3-10(15)7-16-11/h1-7H,15H2. The molecule has 3 aromatic rings. The number of nitrogens with zero attached hydrogens (tertiary/aromatic N) is 1. The zero-order chi connectivity index (χ0) is 11.8. The molecule has 4 heteroatoms. The van der Waals surface area contributed by atoms with Crippen LogP contribution in [0.5, 0.6) is 0 Å². The van der Waals surface area contributed by atoms with Crippen LogP contribution >= 0.6 is 0 Å². The Balaban J connectivity index is 2.14. The largest absolute Gasteiger partial charge is 0.454 e. The Labute approximate surface area is 96.7 Å². The molecular weight excluding hydrogens is 219 g/mol. The summed E-state index contributed by atoms with van der Waals surface area (Å²) < 4.78 is 18.5. The van der Waals surface area contributed by atoms with E-state index in [1.165, 1.54) is 12.1 Å². The number of hydrogen-bond acceptors (Lipinski definition) is 3. The van der Waals surface area contributed by atoms with Crippen LogP contribution in [0.25, 0.3) is 22.4 Å². The molecule has 0 saturated carbocycles. The summed E-state index contributed by atoms with van der Waals surface area (Å²) in [5, 5.41) is 0.847. The molecule has 0 bridgehead atoms. The van der Waals surface area contributed by atoms with Crippen molar-refractivity contribution in [2.24, 2.45) is 0 Å². The molecular formula is C13H9FN2O. The third-order valence-corrected chi connectivity index (χ3v) is 2.52. The molecule has 0 atom stereocenters. The predicted molar refractivity (Wildman–Crippen MR) is 63.8 cm³/mol. The van der Waals surface area contributed by atoms with Crippen LogP contribution in [0, 0.1) is 5.82 Å². The molecule has 3 rings (SSSR count). The van der Waals surface area contributed by atoms with E-state index in [1.807, 2.05) is 6.07 Å². The molecule has 3 nitrogen and oxygen atoms in total. The first-order chi connectivity index (χ1) is 8.22. The van der Waals surface area contributed by atoms with Crippen molar-refractivity contribution in [3.63, 3.8) is 0 Å². The summed E-state index contributed by atoms with van der Waals surface area (Å²) in [6, 6.07) is 9.77. The third kappa shape index (κ3) is 1.73. The lowest BCUT2D eigenvalue weighted by Gasteiger charge is -1.95. The van der Waals surface area contributed by atoms with Gasteiger partial charge in [-0.25, -0.2) is 4.39 Å². The van der Waals surface area contributed by atoms with E-state index < -0.39 is 0 Å². The molecule has 2 N–H and O–H groups in total. The number of benzene rings is 1. The summed E-state index contributed by atoms with van der Waals surface area (Å²) in [5.41, 5.74) is 7.34. The Kier molecular flexibility index (Phi) is 2.08. The van der Waals surface area contributed by atoms with Gasteiger partial charge >= 0.3 is 0 Å². The first-order valence-electron chi connectivity index (χ1n) is 5.13. The van der Waals surface area contributed by atoms with Crippen LogP contribution in [0.15, 0.2) is 47.0 Å². The Morgan fingerprint density at radius 1 is 1.12 bits per heavy atom. The fourth-order valence-corrected chi connectivity index (χ4v) is 1.68. The monoisotopic (exact) mass is 228 g/mol. The molecule has 1 aromatic carbocycles. The van der Waals surface area contributed by atoms with Crippen molar-refractivity contribution < 1.29 is 8.81 Å². The number of nitrogens with two attached hydrogens (primary N) is 1. The molecule has 0 unspecified atom stereocenters. The molecule has 2 heterocycles. The maximum atomic E-state index is 13.0. The first-order valence-corrected chi connectivity index (χ1v) is 5.13. The number of pyridine rings is 1. The summed E-state index contributed by atoms with van der Waals surface area (Å²) >= 11 is 0. The first kappa shape index (κ1) is 9.84. The summed E-state index contributed by atoms with van der Waals surface area (Å²) in [4.78, 5) is 4.15. The van der Waals surface area contributed by atoms with Crippen molar-refractivity contribution in [2.75, 3.05) is 5.73 Å². The molecule has 84 valence electrons. The zero-order valence-electron chi connectivity index (χ0n) is 8.85. The van der Waals surface area contributed by atoms with E-state index in [9.17, 15) is 4.39 Å². The highest BCUT2D eigenvalue weighted by atomic mass is 19.1. The van der Waals surface area contributed by atoms with Gasteiger partial charge in [-0.2, -0.15) is 0 Å². The smallest absolute Gasteiger partial charge is 0.153 e. The molecule has 0 aliphatic rings. The minimum absolute atomic E-state index is 0.316. The molecule has 0 aliphatic carbocycles. The SMILES string of the molecule is Nc1ccc(-c2cc3ccc(F)cc3o2)nc1. The van der Waals surface area contributed by atoms with E-state index in [1.54, 1.807) is 24.4 Å². The number of fused-ring (bicyclic) bond motifs is 1. The van der Waals surface area contributed by atoms with Gasteiger partial charge in [0.2, 0.25) is 0 Å². The van der Waals surface area contributed by atoms with Crippen molar-refractivity contribution in [1.82, 2.24) is 4.98 Å². The average Bonchev–Trinajstić information content (AvgIpc) is 2.72. The van der Waals surface area contributed by atoms with Crippen molar-refractivity contribution >= 4 is 16.7 Å². The summed E-state index contributed by atoms with van der Waals surface area (Å²) in [5.74, 6) is 0.286. The van der Waals surface area contributed by atoms with E-state index in [0.717, 1.165) is 5.39 Å². The second-order valence-electron chi connectivity index (χ2n) is 3.77. The molecule has 0 spiro atoms. The molecule has 0 aliphatic heterocycles. The van der Waals surface area contributed by atoms with E-state index in [4.69, 9.17) is 10.2 Å². The van der Waals surface area contributed by atoms with Crippen molar-refractivity contribution in [3.8, 4) is 11.5 Å². The normalized spacial score (nSPS) is 10.9. The average molecular weight is 228 g/mol. The summed E-state index contributed by atoms with van der Waals surface area (Å²) in [6.07, 6.45) is 1.56. The van der Waals surface area contributed by atoms with Crippen molar-refractivity contribution in [2.45, 2.75) is 0 Å². The number of anilines is 1. The van der Waals surface area contributed by atoms with Gasteiger partial charge in [0.25, 0.3) is 0 Å². The number of furan rings is 1. The Morgan fingerprint density at radius 3 is 2.76 bits per heavy atom. The maximum absolute atomic E-state index is 13.0. The number of nitrogen functional groups attached to an aromatic ring is 1. The molecule has 0 radical (unpaired) electrons. The highest BCUT2D eigenvalue weighted by Gasteiger charge is 2.07. The second kappa shape index (κ2) is 3.59. The van der Waals surface area contributed by atoms with Gasteiger partial charge in [0.15, 0.2) is 5.76 Å². The van der Waals surface area contributed by atoms with Crippen LogP contribution in [0.2, 0.25) is 0 Å². The van der Waals surface area contributed by atoms with Crippen molar-refractivity contribution in [3.05, 3.63) is 48.4 Å². The highest BCUT2D eigenvalue weighted by molar-refractivity contribution is 5.82. The van der Waals surface area contributed by atoms with Gasteiger partial charge in [0.1, 0.15) is 17.1 Å². The van der Waals surface area contributed by atoms with Gasteiger partial charge in [0.05, 0.1) is 11.9 Å². The van der Waals surface area contributed by atoms with Gasteiger partial charge in [-0.05, 0) is 30.3 Å². The Hall–Kier alpha value is -2.36. The number of hydrogen-bond donors (Lipinski definition) is 1. The van der Waals surface area contributed by atoms with E-state index >= 15 is 0 Å². The number of rotatable bonds is 1. The lowest BCUT2D eigenvalue weighted by Crippen LogP contribution is -1.86. The van der Waals surface area contributed by atoms with Crippen molar-refractivity contribution in [1.29, 1.82) is 0 Å². The van der Waals surface area contributed by atoms with Crippen LogP contribution in [0.4, 0.5) is 10.1 Å². The summed E-state index contributed by atoms with van der Waals surface area (Å²) in [7, 11) is 0. The summed E-state index contributed by atoms with van der Waals surface area (Å²) in [6.45, 7) is 0. The molecule has 0 fully saturated rings. The van der Waals surface area contributed by atoms with Gasteiger partial charge in [-0.15, -0.1) is 0 Å². The maximum Gasteiger partial charge on any atom is 0.153 e. The van der Waals surface area contributed by atoms with Gasteiger partial charge in [0, 0.05) is 11.5 Å². The van der Waals surface area contributed by atoms with Gasteiger partial charge < -0.3 is 10.2 Å². The Bertz CT molecular complexity index is 673. The molecule has 17 heavy (non-hydrogen) atoms. The van der Waals surface area contributed by atoms with Crippen LogP contribution in [0.3, 0.4) is 0 Å². The third-order valence-electron chi connectivity index (χ3n) is 2.52. The second-order valence-corrected chi connectivity index (χ2v) is 3.77. The van der Waals surface area contributed by atoms with E-state index in [-0.39, 0.29) is 5.82 Å². The molecule has 2 aromatic heterocycles. The van der Waals surface area contributed by atoms with Crippen LogP contribution in [-0.2, 0) is 0 Å².